The van der Waals surface area contributed by atoms with Crippen LogP contribution < -0.4 is 5.43 Å². The van der Waals surface area contributed by atoms with Crippen LogP contribution in [0.4, 0.5) is 4.39 Å². The summed E-state index contributed by atoms with van der Waals surface area (Å²) in [6.07, 6.45) is 0. The maximum atomic E-state index is 14.7. The molecular formula is C24H20ClFN2O2S. The van der Waals surface area contributed by atoms with E-state index in [0.29, 0.717) is 16.1 Å². The van der Waals surface area contributed by atoms with Gasteiger partial charge in [0.1, 0.15) is 11.2 Å². The minimum atomic E-state index is -0.649. The Hall–Kier alpha value is -2.83. The molecule has 7 heteroatoms. The summed E-state index contributed by atoms with van der Waals surface area (Å²) in [7, 11) is 0. The van der Waals surface area contributed by atoms with Crippen LogP contribution in [0.2, 0.25) is 5.02 Å². The Morgan fingerprint density at radius 1 is 1.13 bits per heavy atom. The lowest BCUT2D eigenvalue weighted by Gasteiger charge is -2.26. The summed E-state index contributed by atoms with van der Waals surface area (Å²) in [6, 6.07) is 21.2. The quantitative estimate of drug-likeness (QED) is 0.549. The second kappa shape index (κ2) is 9.12. The molecule has 4 rings (SSSR count). The molecule has 3 aromatic rings. The Balaban J connectivity index is 1.52. The molecule has 2 atom stereocenters. The lowest BCUT2D eigenvalue weighted by Crippen LogP contribution is -2.46. The lowest BCUT2D eigenvalue weighted by molar-refractivity contribution is -0.140. The van der Waals surface area contributed by atoms with Gasteiger partial charge in [-0.2, -0.15) is 0 Å². The average Bonchev–Trinajstić information content (AvgIpc) is 3.14. The standard InChI is InChI=1S/C24H20ClFN2O2S/c1-15(17-11-12-18(21(26)13-17)16-7-3-2-4-8-16)23(30)27-28-22(29)14-31-24(28)19-9-5-6-10-20(19)25/h2-13,15,24H,14H2,1H3,(H,27,30). The first-order valence-electron chi connectivity index (χ1n) is 9.79. The second-order valence-electron chi connectivity index (χ2n) is 7.25. The molecule has 1 N–H and O–H groups in total. The second-order valence-corrected chi connectivity index (χ2v) is 8.73. The molecule has 1 saturated heterocycles. The zero-order valence-corrected chi connectivity index (χ0v) is 18.3. The molecule has 1 aliphatic rings. The molecule has 2 amide bonds. The number of halogens is 2. The van der Waals surface area contributed by atoms with Crippen molar-refractivity contribution < 1.29 is 14.0 Å². The van der Waals surface area contributed by atoms with Crippen molar-refractivity contribution in [3.05, 3.63) is 94.8 Å². The predicted octanol–water partition coefficient (Wildman–Crippen LogP) is 5.56. The minimum absolute atomic E-state index is 0.207. The molecular weight excluding hydrogens is 435 g/mol. The molecule has 0 saturated carbocycles. The molecule has 4 nitrogen and oxygen atoms in total. The Morgan fingerprint density at radius 3 is 2.55 bits per heavy atom. The van der Waals surface area contributed by atoms with Crippen LogP contribution in [0, 0.1) is 5.82 Å². The van der Waals surface area contributed by atoms with Gasteiger partial charge in [0.25, 0.3) is 5.91 Å². The Labute approximate surface area is 189 Å². The van der Waals surface area contributed by atoms with Gasteiger partial charge in [0.05, 0.1) is 11.7 Å². The normalized spacial score (nSPS) is 16.9. The first-order valence-corrected chi connectivity index (χ1v) is 11.2. The highest BCUT2D eigenvalue weighted by atomic mass is 35.5. The Kier molecular flexibility index (Phi) is 6.30. The van der Waals surface area contributed by atoms with Gasteiger partial charge in [0.2, 0.25) is 5.91 Å². The highest BCUT2D eigenvalue weighted by Gasteiger charge is 2.36. The van der Waals surface area contributed by atoms with Crippen LogP contribution in [-0.4, -0.2) is 22.6 Å². The van der Waals surface area contributed by atoms with Crippen LogP contribution in [0.1, 0.15) is 29.3 Å². The lowest BCUT2D eigenvalue weighted by atomic mass is 9.96. The maximum Gasteiger partial charge on any atom is 0.252 e. The average molecular weight is 455 g/mol. The number of nitrogens with one attached hydrogen (secondary N) is 1. The summed E-state index contributed by atoms with van der Waals surface area (Å²) in [4.78, 5) is 25.3. The topological polar surface area (TPSA) is 49.4 Å². The number of hydrazine groups is 1. The Bertz CT molecular complexity index is 1130. The van der Waals surface area contributed by atoms with Crippen LogP contribution in [-0.2, 0) is 9.59 Å². The zero-order chi connectivity index (χ0) is 22.0. The molecule has 1 aliphatic heterocycles. The third kappa shape index (κ3) is 4.45. The molecule has 158 valence electrons. The summed E-state index contributed by atoms with van der Waals surface area (Å²) in [5.74, 6) is -1.40. The number of amides is 2. The van der Waals surface area contributed by atoms with Gasteiger partial charge in [-0.05, 0) is 30.2 Å². The van der Waals surface area contributed by atoms with Crippen molar-refractivity contribution in [3.8, 4) is 11.1 Å². The van der Waals surface area contributed by atoms with Crippen molar-refractivity contribution in [2.45, 2.75) is 18.2 Å². The van der Waals surface area contributed by atoms with E-state index in [1.165, 1.54) is 22.8 Å². The number of rotatable bonds is 5. The molecule has 1 fully saturated rings. The van der Waals surface area contributed by atoms with E-state index in [0.717, 1.165) is 11.1 Å². The van der Waals surface area contributed by atoms with Crippen molar-refractivity contribution in [1.82, 2.24) is 10.4 Å². The minimum Gasteiger partial charge on any atom is -0.273 e. The number of hydrogen-bond donors (Lipinski definition) is 1. The van der Waals surface area contributed by atoms with Gasteiger partial charge >= 0.3 is 0 Å². The van der Waals surface area contributed by atoms with Crippen molar-refractivity contribution >= 4 is 35.2 Å². The maximum absolute atomic E-state index is 14.7. The van der Waals surface area contributed by atoms with Crippen LogP contribution in [0.5, 0.6) is 0 Å². The summed E-state index contributed by atoms with van der Waals surface area (Å²) < 4.78 is 14.7. The third-order valence-electron chi connectivity index (χ3n) is 5.24. The van der Waals surface area contributed by atoms with Gasteiger partial charge in [-0.1, -0.05) is 72.3 Å². The molecule has 1 heterocycles. The molecule has 31 heavy (non-hydrogen) atoms. The van der Waals surface area contributed by atoms with E-state index in [2.05, 4.69) is 5.43 Å². The largest absolute Gasteiger partial charge is 0.273 e. The van der Waals surface area contributed by atoms with E-state index in [1.807, 2.05) is 48.5 Å². The van der Waals surface area contributed by atoms with E-state index in [1.54, 1.807) is 25.1 Å². The monoisotopic (exact) mass is 454 g/mol. The summed E-state index contributed by atoms with van der Waals surface area (Å²) in [5, 5.41) is 1.44. The first-order chi connectivity index (χ1) is 15.0. The number of carbonyl (C=O) groups is 2. The molecule has 0 aliphatic carbocycles. The van der Waals surface area contributed by atoms with Crippen molar-refractivity contribution in [1.29, 1.82) is 0 Å². The van der Waals surface area contributed by atoms with E-state index < -0.39 is 17.1 Å². The number of hydrogen-bond acceptors (Lipinski definition) is 3. The summed E-state index contributed by atoms with van der Waals surface area (Å²) in [5.41, 5.74) is 5.24. The number of benzene rings is 3. The molecule has 2 unspecified atom stereocenters. The van der Waals surface area contributed by atoms with E-state index in [9.17, 15) is 14.0 Å². The van der Waals surface area contributed by atoms with E-state index in [4.69, 9.17) is 11.6 Å². The number of carbonyl (C=O) groups excluding carboxylic acids is 2. The number of thioether (sulfide) groups is 1. The highest BCUT2D eigenvalue weighted by Crippen LogP contribution is 2.40. The zero-order valence-electron chi connectivity index (χ0n) is 16.7. The fourth-order valence-electron chi connectivity index (χ4n) is 3.47. The molecule has 0 aromatic heterocycles. The Morgan fingerprint density at radius 2 is 1.84 bits per heavy atom. The van der Waals surface area contributed by atoms with Gasteiger partial charge in [-0.15, -0.1) is 11.8 Å². The predicted molar refractivity (Wildman–Crippen MR) is 122 cm³/mol. The fraction of sp³-hybridized carbons (Fsp3) is 0.167. The van der Waals surface area contributed by atoms with Gasteiger partial charge in [0, 0.05) is 16.1 Å². The fourth-order valence-corrected chi connectivity index (χ4v) is 4.92. The van der Waals surface area contributed by atoms with E-state index in [-0.39, 0.29) is 17.6 Å². The molecule has 0 spiro atoms. The molecule has 0 radical (unpaired) electrons. The van der Waals surface area contributed by atoms with Gasteiger partial charge in [-0.25, -0.2) is 9.40 Å². The smallest absolute Gasteiger partial charge is 0.252 e. The highest BCUT2D eigenvalue weighted by molar-refractivity contribution is 8.00. The van der Waals surface area contributed by atoms with Crippen LogP contribution >= 0.6 is 23.4 Å². The summed E-state index contributed by atoms with van der Waals surface area (Å²) >= 11 is 7.68. The van der Waals surface area contributed by atoms with Gasteiger partial charge in [0.15, 0.2) is 0 Å². The molecule has 0 bridgehead atoms. The van der Waals surface area contributed by atoms with Crippen LogP contribution in [0.15, 0.2) is 72.8 Å². The van der Waals surface area contributed by atoms with Crippen molar-refractivity contribution in [2.75, 3.05) is 5.75 Å². The van der Waals surface area contributed by atoms with Crippen LogP contribution in [0.3, 0.4) is 0 Å². The summed E-state index contributed by atoms with van der Waals surface area (Å²) in [6.45, 7) is 1.69. The van der Waals surface area contributed by atoms with E-state index >= 15 is 0 Å². The molecule has 3 aromatic carbocycles. The first kappa shape index (κ1) is 21.4. The van der Waals surface area contributed by atoms with Gasteiger partial charge in [-0.3, -0.25) is 15.0 Å². The number of nitrogens with zero attached hydrogens (tertiary/aromatic N) is 1. The van der Waals surface area contributed by atoms with Crippen LogP contribution in [0.25, 0.3) is 11.1 Å². The van der Waals surface area contributed by atoms with Gasteiger partial charge < -0.3 is 0 Å². The van der Waals surface area contributed by atoms with Crippen molar-refractivity contribution in [2.24, 2.45) is 0 Å². The SMILES string of the molecule is CC(C(=O)NN1C(=O)CSC1c1ccccc1Cl)c1ccc(-c2ccccc2)c(F)c1. The third-order valence-corrected chi connectivity index (χ3v) is 6.78. The van der Waals surface area contributed by atoms with Crippen molar-refractivity contribution in [3.63, 3.8) is 0 Å².